The van der Waals surface area contributed by atoms with E-state index in [1.54, 1.807) is 0 Å². The number of benzene rings is 1. The van der Waals surface area contributed by atoms with Gasteiger partial charge in [-0.05, 0) is 61.5 Å². The van der Waals surface area contributed by atoms with Crippen molar-refractivity contribution in [2.45, 2.75) is 69.7 Å². The van der Waals surface area contributed by atoms with Crippen molar-refractivity contribution in [2.24, 2.45) is 17.8 Å². The molecule has 6 atom stereocenters. The Morgan fingerprint density at radius 2 is 1.90 bits per heavy atom. The Bertz CT molecular complexity index is 756. The van der Waals surface area contributed by atoms with Crippen LogP contribution in [-0.2, 0) is 17.6 Å². The lowest BCUT2D eigenvalue weighted by molar-refractivity contribution is -0.137. The number of hydrogen-bond donors (Lipinski definition) is 4. The summed E-state index contributed by atoms with van der Waals surface area (Å²) in [4.78, 5) is 10.6. The van der Waals surface area contributed by atoms with Crippen LogP contribution in [-0.4, -0.2) is 44.7 Å². The minimum atomic E-state index is -0.789. The number of carboxylic acid groups (broad SMARTS) is 1. The van der Waals surface area contributed by atoms with Crippen molar-refractivity contribution in [3.8, 4) is 0 Å². The third-order valence-corrected chi connectivity index (χ3v) is 6.65. The van der Waals surface area contributed by atoms with E-state index < -0.39 is 24.3 Å². The number of aliphatic hydroxyl groups is 3. The van der Waals surface area contributed by atoms with E-state index in [1.165, 1.54) is 11.1 Å². The van der Waals surface area contributed by atoms with Crippen LogP contribution in [0.5, 0.6) is 0 Å². The van der Waals surface area contributed by atoms with Gasteiger partial charge in [0.05, 0.1) is 18.3 Å². The van der Waals surface area contributed by atoms with Crippen molar-refractivity contribution in [2.75, 3.05) is 0 Å². The molecule has 1 saturated carbocycles. The SMILES string of the molecule is O=C(O)CCC/C=C\C[C@@H]1C(/C=C/[C@H](O)[C@H]2CCc3ccccc3C2)[C@H](O)C[C@@H]1O. The summed E-state index contributed by atoms with van der Waals surface area (Å²) < 4.78 is 0. The molecule has 2 aliphatic rings. The number of allylic oxidation sites excluding steroid dienone is 2. The second-order valence-electron chi connectivity index (χ2n) is 8.75. The van der Waals surface area contributed by atoms with Crippen molar-refractivity contribution in [1.82, 2.24) is 0 Å². The second kappa shape index (κ2) is 10.9. The summed E-state index contributed by atoms with van der Waals surface area (Å²) in [6, 6.07) is 8.39. The maximum absolute atomic E-state index is 10.7. The number of carbonyl (C=O) groups is 1. The molecular formula is C25H34O5. The van der Waals surface area contributed by atoms with Crippen LogP contribution in [0.25, 0.3) is 0 Å². The van der Waals surface area contributed by atoms with Gasteiger partial charge in [0.2, 0.25) is 0 Å². The van der Waals surface area contributed by atoms with E-state index in [0.29, 0.717) is 25.7 Å². The van der Waals surface area contributed by atoms with Crippen molar-refractivity contribution < 1.29 is 25.2 Å². The van der Waals surface area contributed by atoms with Gasteiger partial charge in [-0.15, -0.1) is 0 Å². The number of rotatable bonds is 9. The maximum atomic E-state index is 10.7. The molecule has 0 spiro atoms. The molecule has 1 fully saturated rings. The van der Waals surface area contributed by atoms with Crippen LogP contribution in [0.4, 0.5) is 0 Å². The normalized spacial score (nSPS) is 30.0. The molecule has 0 amide bonds. The van der Waals surface area contributed by atoms with Crippen molar-refractivity contribution in [3.63, 3.8) is 0 Å². The lowest BCUT2D eigenvalue weighted by Gasteiger charge is -2.27. The van der Waals surface area contributed by atoms with Crippen LogP contribution >= 0.6 is 0 Å². The maximum Gasteiger partial charge on any atom is 0.303 e. The van der Waals surface area contributed by atoms with Gasteiger partial charge in [0.1, 0.15) is 0 Å². The zero-order chi connectivity index (χ0) is 21.5. The van der Waals surface area contributed by atoms with Crippen LogP contribution in [0.3, 0.4) is 0 Å². The first-order valence-corrected chi connectivity index (χ1v) is 11.1. The summed E-state index contributed by atoms with van der Waals surface area (Å²) in [6.07, 6.45) is 11.1. The summed E-state index contributed by atoms with van der Waals surface area (Å²) in [6.45, 7) is 0. The number of aliphatic hydroxyl groups excluding tert-OH is 3. The molecule has 1 aromatic carbocycles. The summed E-state index contributed by atoms with van der Waals surface area (Å²) in [5.74, 6) is -0.893. The fraction of sp³-hybridized carbons (Fsp3) is 0.560. The van der Waals surface area contributed by atoms with Crippen molar-refractivity contribution >= 4 is 5.97 Å². The van der Waals surface area contributed by atoms with Gasteiger partial charge in [-0.2, -0.15) is 0 Å². The molecule has 1 aromatic rings. The average Bonchev–Trinajstić information content (AvgIpc) is 3.00. The summed E-state index contributed by atoms with van der Waals surface area (Å²) in [5, 5.41) is 40.2. The van der Waals surface area contributed by atoms with E-state index >= 15 is 0 Å². The molecule has 0 bridgehead atoms. The zero-order valence-electron chi connectivity index (χ0n) is 17.4. The van der Waals surface area contributed by atoms with E-state index in [0.717, 1.165) is 19.3 Å². The van der Waals surface area contributed by atoms with Crippen LogP contribution in [0.2, 0.25) is 0 Å². The molecule has 5 nitrogen and oxygen atoms in total. The fourth-order valence-electron chi connectivity index (χ4n) is 4.87. The average molecular weight is 415 g/mol. The third-order valence-electron chi connectivity index (χ3n) is 6.65. The molecule has 5 heteroatoms. The molecule has 0 heterocycles. The highest BCUT2D eigenvalue weighted by atomic mass is 16.4. The Balaban J connectivity index is 1.54. The molecule has 30 heavy (non-hydrogen) atoms. The van der Waals surface area contributed by atoms with Crippen molar-refractivity contribution in [1.29, 1.82) is 0 Å². The predicted octanol–water partition coefficient (Wildman–Crippen LogP) is 3.27. The largest absolute Gasteiger partial charge is 0.481 e. The summed E-state index contributed by atoms with van der Waals surface area (Å²) in [7, 11) is 0. The minimum Gasteiger partial charge on any atom is -0.481 e. The smallest absolute Gasteiger partial charge is 0.303 e. The highest BCUT2D eigenvalue weighted by molar-refractivity contribution is 5.66. The number of aryl methyl sites for hydroxylation is 1. The molecule has 4 N–H and O–H groups in total. The van der Waals surface area contributed by atoms with E-state index in [9.17, 15) is 20.1 Å². The quantitative estimate of drug-likeness (QED) is 0.367. The van der Waals surface area contributed by atoms with Crippen LogP contribution in [0, 0.1) is 17.8 Å². The Morgan fingerprint density at radius 1 is 1.13 bits per heavy atom. The highest BCUT2D eigenvalue weighted by Crippen LogP contribution is 2.37. The molecule has 0 aliphatic heterocycles. The molecule has 164 valence electrons. The molecule has 3 rings (SSSR count). The van der Waals surface area contributed by atoms with Crippen LogP contribution in [0.15, 0.2) is 48.6 Å². The summed E-state index contributed by atoms with van der Waals surface area (Å²) in [5.41, 5.74) is 2.68. The lowest BCUT2D eigenvalue weighted by Crippen LogP contribution is -2.26. The number of aliphatic carboxylic acids is 1. The minimum absolute atomic E-state index is 0.0914. The molecule has 2 aliphatic carbocycles. The number of unbranched alkanes of at least 4 members (excludes halogenated alkanes) is 1. The predicted molar refractivity (Wildman–Crippen MR) is 116 cm³/mol. The van der Waals surface area contributed by atoms with E-state index in [-0.39, 0.29) is 24.2 Å². The van der Waals surface area contributed by atoms with Gasteiger partial charge in [0.25, 0.3) is 0 Å². The monoisotopic (exact) mass is 414 g/mol. The fourth-order valence-corrected chi connectivity index (χ4v) is 4.87. The van der Waals surface area contributed by atoms with Gasteiger partial charge in [-0.25, -0.2) is 0 Å². The third kappa shape index (κ3) is 6.03. The van der Waals surface area contributed by atoms with E-state index in [1.807, 2.05) is 30.4 Å². The molecule has 0 radical (unpaired) electrons. The van der Waals surface area contributed by atoms with Crippen LogP contribution in [0.1, 0.15) is 49.7 Å². The zero-order valence-corrected chi connectivity index (χ0v) is 17.4. The van der Waals surface area contributed by atoms with Gasteiger partial charge in [0, 0.05) is 18.8 Å². The Labute approximate surface area is 178 Å². The number of carboxylic acids is 1. The Morgan fingerprint density at radius 3 is 2.67 bits per heavy atom. The second-order valence-corrected chi connectivity index (χ2v) is 8.75. The first-order valence-electron chi connectivity index (χ1n) is 11.1. The van der Waals surface area contributed by atoms with E-state index in [4.69, 9.17) is 5.11 Å². The van der Waals surface area contributed by atoms with Crippen LogP contribution < -0.4 is 0 Å². The molecule has 0 aromatic heterocycles. The number of fused-ring (bicyclic) bond motifs is 1. The van der Waals surface area contributed by atoms with E-state index in [2.05, 4.69) is 18.2 Å². The Kier molecular flexibility index (Phi) is 8.25. The number of hydrogen-bond acceptors (Lipinski definition) is 4. The Hall–Kier alpha value is -1.95. The first kappa shape index (κ1) is 22.7. The van der Waals surface area contributed by atoms with Gasteiger partial charge in [0.15, 0.2) is 0 Å². The molecule has 0 saturated heterocycles. The topological polar surface area (TPSA) is 98.0 Å². The molecule has 1 unspecified atom stereocenters. The lowest BCUT2D eigenvalue weighted by atomic mass is 9.80. The summed E-state index contributed by atoms with van der Waals surface area (Å²) >= 11 is 0. The van der Waals surface area contributed by atoms with Gasteiger partial charge >= 0.3 is 5.97 Å². The van der Waals surface area contributed by atoms with Gasteiger partial charge in [-0.3, -0.25) is 4.79 Å². The van der Waals surface area contributed by atoms with Crippen molar-refractivity contribution in [3.05, 3.63) is 59.7 Å². The highest BCUT2D eigenvalue weighted by Gasteiger charge is 2.39. The first-order chi connectivity index (χ1) is 14.5. The van der Waals surface area contributed by atoms with Gasteiger partial charge in [-0.1, -0.05) is 48.6 Å². The molecular weight excluding hydrogens is 380 g/mol. The standard InChI is InChI=1S/C25H34O5/c26-22(19-12-11-17-7-5-6-8-18(17)15-19)14-13-21-20(23(27)16-24(21)28)9-3-1-2-4-10-25(29)30/h1,3,5-8,13-14,19-24,26-28H,2,4,9-12,15-16H2,(H,29,30)/b3-1-,14-13+/t19-,20+,21?,22-,23-,24+/m0/s1. The van der Waals surface area contributed by atoms with Gasteiger partial charge < -0.3 is 20.4 Å².